The van der Waals surface area contributed by atoms with Crippen LogP contribution < -0.4 is 5.32 Å². The third-order valence-electron chi connectivity index (χ3n) is 6.35. The molecule has 35 heavy (non-hydrogen) atoms. The van der Waals surface area contributed by atoms with Crippen LogP contribution in [0.25, 0.3) is 11.1 Å². The number of benzene rings is 3. The Morgan fingerprint density at radius 1 is 0.943 bits per heavy atom. The van der Waals surface area contributed by atoms with Crippen LogP contribution in [0.15, 0.2) is 72.8 Å². The average molecular weight is 472 g/mol. The molecule has 1 aliphatic heterocycles. The zero-order valence-electron chi connectivity index (χ0n) is 18.8. The van der Waals surface area contributed by atoms with Gasteiger partial charge in [-0.15, -0.1) is 0 Å². The number of hydrogen-bond donors (Lipinski definition) is 2. The van der Waals surface area contributed by atoms with Gasteiger partial charge >= 0.3 is 12.1 Å². The maximum absolute atomic E-state index is 12.7. The fourth-order valence-corrected chi connectivity index (χ4v) is 4.61. The van der Waals surface area contributed by atoms with E-state index < -0.39 is 18.2 Å². The van der Waals surface area contributed by atoms with Crippen molar-refractivity contribution in [3.05, 3.63) is 89.5 Å². The maximum Gasteiger partial charge on any atom is 0.411 e. The van der Waals surface area contributed by atoms with Gasteiger partial charge in [0.15, 0.2) is 6.10 Å². The number of anilines is 1. The van der Waals surface area contributed by atoms with Gasteiger partial charge in [-0.2, -0.15) is 0 Å². The summed E-state index contributed by atoms with van der Waals surface area (Å²) >= 11 is 0. The molecule has 1 saturated heterocycles. The fourth-order valence-electron chi connectivity index (χ4n) is 4.61. The van der Waals surface area contributed by atoms with Crippen molar-refractivity contribution in [2.75, 3.05) is 31.6 Å². The summed E-state index contributed by atoms with van der Waals surface area (Å²) in [6, 6.07) is 22.7. The zero-order chi connectivity index (χ0) is 24.4. The number of aliphatic carboxylic acids is 1. The van der Waals surface area contributed by atoms with Crippen LogP contribution in [0.2, 0.25) is 0 Å². The first-order chi connectivity index (χ1) is 17.0. The lowest BCUT2D eigenvalue weighted by atomic mass is 9.98. The van der Waals surface area contributed by atoms with Crippen molar-refractivity contribution in [2.24, 2.45) is 0 Å². The molecule has 5 rings (SSSR count). The maximum atomic E-state index is 12.7. The summed E-state index contributed by atoms with van der Waals surface area (Å²) < 4.78 is 10.7. The summed E-state index contributed by atoms with van der Waals surface area (Å²) in [5.74, 6) is -1.41. The molecule has 1 heterocycles. The van der Waals surface area contributed by atoms with Gasteiger partial charge in [0.1, 0.15) is 6.61 Å². The lowest BCUT2D eigenvalue weighted by Crippen LogP contribution is -2.48. The molecular weight excluding hydrogens is 448 g/mol. The largest absolute Gasteiger partial charge is 0.479 e. The normalized spacial score (nSPS) is 16.8. The van der Waals surface area contributed by atoms with Gasteiger partial charge in [-0.25, -0.2) is 9.59 Å². The van der Waals surface area contributed by atoms with Crippen molar-refractivity contribution in [3.63, 3.8) is 0 Å². The van der Waals surface area contributed by atoms with E-state index in [2.05, 4.69) is 29.6 Å². The Bertz CT molecular complexity index is 1230. The van der Waals surface area contributed by atoms with Crippen molar-refractivity contribution in [3.8, 4) is 11.1 Å². The third kappa shape index (κ3) is 4.61. The quantitative estimate of drug-likeness (QED) is 0.582. The number of nitrogens with zero attached hydrogens (tertiary/aromatic N) is 1. The minimum absolute atomic E-state index is 0.00603. The Balaban J connectivity index is 1.19. The zero-order valence-corrected chi connectivity index (χ0v) is 18.8. The summed E-state index contributed by atoms with van der Waals surface area (Å²) in [4.78, 5) is 37.8. The van der Waals surface area contributed by atoms with E-state index >= 15 is 0 Å². The first kappa shape index (κ1) is 22.6. The minimum Gasteiger partial charge on any atom is -0.479 e. The Morgan fingerprint density at radius 3 is 2.20 bits per heavy atom. The Kier molecular flexibility index (Phi) is 6.20. The smallest absolute Gasteiger partial charge is 0.411 e. The molecule has 178 valence electrons. The van der Waals surface area contributed by atoms with Gasteiger partial charge in [-0.05, 0) is 46.5 Å². The van der Waals surface area contributed by atoms with E-state index in [0.717, 1.165) is 22.3 Å². The number of morpholine rings is 1. The topological polar surface area (TPSA) is 105 Å². The van der Waals surface area contributed by atoms with Crippen LogP contribution in [-0.2, 0) is 14.3 Å². The van der Waals surface area contributed by atoms with Gasteiger partial charge in [0.05, 0.1) is 13.2 Å². The molecule has 2 amide bonds. The molecule has 0 radical (unpaired) electrons. The van der Waals surface area contributed by atoms with E-state index in [1.165, 1.54) is 4.90 Å². The molecule has 3 aromatic carbocycles. The van der Waals surface area contributed by atoms with E-state index in [1.807, 2.05) is 24.3 Å². The Labute approximate surface area is 202 Å². The number of carbonyl (C=O) groups is 3. The van der Waals surface area contributed by atoms with Crippen molar-refractivity contribution in [1.29, 1.82) is 0 Å². The van der Waals surface area contributed by atoms with Crippen LogP contribution >= 0.6 is 0 Å². The Morgan fingerprint density at radius 2 is 1.57 bits per heavy atom. The number of carbonyl (C=O) groups excluding carboxylic acids is 2. The molecule has 0 bridgehead atoms. The Hall–Kier alpha value is -4.17. The number of carboxylic acid groups (broad SMARTS) is 1. The second-order valence-corrected chi connectivity index (χ2v) is 8.48. The van der Waals surface area contributed by atoms with Crippen molar-refractivity contribution in [1.82, 2.24) is 4.90 Å². The summed E-state index contributed by atoms with van der Waals surface area (Å²) in [6.45, 7) is 0.693. The molecule has 1 unspecified atom stereocenters. The number of rotatable bonds is 5. The van der Waals surface area contributed by atoms with Crippen LogP contribution in [0.5, 0.6) is 0 Å². The number of hydrogen-bond acceptors (Lipinski definition) is 5. The molecular formula is C27H24N2O6. The fraction of sp³-hybridized carbons (Fsp3) is 0.222. The molecule has 1 aliphatic carbocycles. The molecule has 1 fully saturated rings. The predicted molar refractivity (Wildman–Crippen MR) is 128 cm³/mol. The van der Waals surface area contributed by atoms with Gasteiger partial charge < -0.3 is 19.5 Å². The van der Waals surface area contributed by atoms with E-state index in [9.17, 15) is 14.4 Å². The number of carboxylic acids is 1. The van der Waals surface area contributed by atoms with Gasteiger partial charge in [0.25, 0.3) is 5.91 Å². The number of amides is 2. The lowest BCUT2D eigenvalue weighted by Gasteiger charge is -2.30. The van der Waals surface area contributed by atoms with Crippen LogP contribution in [0.4, 0.5) is 10.5 Å². The van der Waals surface area contributed by atoms with Gasteiger partial charge in [0, 0.05) is 23.7 Å². The van der Waals surface area contributed by atoms with Gasteiger partial charge in [-0.1, -0.05) is 48.5 Å². The second kappa shape index (κ2) is 9.60. The molecule has 2 aliphatic rings. The highest BCUT2D eigenvalue weighted by molar-refractivity contribution is 5.95. The standard InChI is InChI=1S/C27H24N2O6/c30-25(29-13-14-34-24(15-29)26(31)32)17-9-11-18(12-10-17)28-27(33)35-16-23-21-7-3-1-5-19(21)20-6-2-4-8-22(20)23/h1-12,23-24H,13-16H2,(H,28,33)(H,31,32). The molecule has 3 aromatic rings. The minimum atomic E-state index is -1.09. The lowest BCUT2D eigenvalue weighted by molar-refractivity contribution is -0.154. The number of ether oxygens (including phenoxy) is 2. The molecule has 0 spiro atoms. The van der Waals surface area contributed by atoms with Crippen LogP contribution in [0, 0.1) is 0 Å². The summed E-state index contributed by atoms with van der Waals surface area (Å²) in [5.41, 5.74) is 5.48. The van der Waals surface area contributed by atoms with Gasteiger partial charge in [0.2, 0.25) is 0 Å². The van der Waals surface area contributed by atoms with Gasteiger partial charge in [-0.3, -0.25) is 10.1 Å². The molecule has 0 saturated carbocycles. The molecule has 8 nitrogen and oxygen atoms in total. The van der Waals surface area contributed by atoms with E-state index in [-0.39, 0.29) is 31.6 Å². The van der Waals surface area contributed by atoms with Crippen LogP contribution in [0.3, 0.4) is 0 Å². The highest BCUT2D eigenvalue weighted by atomic mass is 16.5. The monoisotopic (exact) mass is 472 g/mol. The second-order valence-electron chi connectivity index (χ2n) is 8.48. The summed E-state index contributed by atoms with van der Waals surface area (Å²) in [7, 11) is 0. The number of fused-ring (bicyclic) bond motifs is 3. The van der Waals surface area contributed by atoms with Crippen molar-refractivity contribution in [2.45, 2.75) is 12.0 Å². The van der Waals surface area contributed by atoms with E-state index in [4.69, 9.17) is 14.6 Å². The molecule has 8 heteroatoms. The highest BCUT2D eigenvalue weighted by Gasteiger charge is 2.30. The molecule has 1 atom stereocenters. The van der Waals surface area contributed by atoms with Crippen LogP contribution in [-0.4, -0.2) is 60.4 Å². The van der Waals surface area contributed by atoms with Crippen LogP contribution in [0.1, 0.15) is 27.4 Å². The summed E-state index contributed by atoms with van der Waals surface area (Å²) in [5, 5.41) is 11.8. The van der Waals surface area contributed by atoms with E-state index in [1.54, 1.807) is 24.3 Å². The highest BCUT2D eigenvalue weighted by Crippen LogP contribution is 2.44. The van der Waals surface area contributed by atoms with E-state index in [0.29, 0.717) is 17.8 Å². The summed E-state index contributed by atoms with van der Waals surface area (Å²) in [6.07, 6.45) is -1.61. The number of nitrogens with one attached hydrogen (secondary N) is 1. The van der Waals surface area contributed by atoms with Crippen molar-refractivity contribution < 1.29 is 29.0 Å². The third-order valence-corrected chi connectivity index (χ3v) is 6.35. The average Bonchev–Trinajstić information content (AvgIpc) is 3.21. The molecule has 0 aromatic heterocycles. The van der Waals surface area contributed by atoms with Crippen molar-refractivity contribution >= 4 is 23.7 Å². The molecule has 2 N–H and O–H groups in total. The SMILES string of the molecule is O=C(Nc1ccc(C(=O)N2CCOC(C(=O)O)C2)cc1)OCC1c2ccccc2-c2ccccc21. The first-order valence-electron chi connectivity index (χ1n) is 11.4. The first-order valence-corrected chi connectivity index (χ1v) is 11.4. The predicted octanol–water partition coefficient (Wildman–Crippen LogP) is 3.97.